The molecular formula is C16H22O3. The third-order valence-corrected chi connectivity index (χ3v) is 2.67. The molecule has 0 fully saturated rings. The summed E-state index contributed by atoms with van der Waals surface area (Å²) >= 11 is 0. The summed E-state index contributed by atoms with van der Waals surface area (Å²) in [6.07, 6.45) is 5.09. The summed E-state index contributed by atoms with van der Waals surface area (Å²) in [5.74, 6) is 0.469. The molecule has 19 heavy (non-hydrogen) atoms. The van der Waals surface area contributed by atoms with E-state index in [1.807, 2.05) is 38.1 Å². The van der Waals surface area contributed by atoms with Gasteiger partial charge in [-0.3, -0.25) is 0 Å². The van der Waals surface area contributed by atoms with E-state index in [-0.39, 0.29) is 12.1 Å². The quantitative estimate of drug-likeness (QED) is 0.553. The van der Waals surface area contributed by atoms with Crippen LogP contribution in [0.1, 0.15) is 39.2 Å². The average Bonchev–Trinajstić information content (AvgIpc) is 2.44. The lowest BCUT2D eigenvalue weighted by atomic mass is 10.2. The number of rotatable bonds is 7. The molecule has 0 saturated heterocycles. The van der Waals surface area contributed by atoms with Crippen LogP contribution in [0.3, 0.4) is 0 Å². The highest BCUT2D eigenvalue weighted by Crippen LogP contribution is 2.21. The Kier molecular flexibility index (Phi) is 6.72. The zero-order valence-electron chi connectivity index (χ0n) is 11.9. The van der Waals surface area contributed by atoms with Crippen molar-refractivity contribution in [2.45, 2.75) is 39.7 Å². The van der Waals surface area contributed by atoms with Crippen molar-refractivity contribution < 1.29 is 14.3 Å². The zero-order chi connectivity index (χ0) is 14.1. The van der Waals surface area contributed by atoms with Gasteiger partial charge >= 0.3 is 5.97 Å². The van der Waals surface area contributed by atoms with Crippen molar-refractivity contribution in [2.24, 2.45) is 0 Å². The molecule has 0 bridgehead atoms. The molecule has 1 aromatic rings. The van der Waals surface area contributed by atoms with Gasteiger partial charge in [-0.25, -0.2) is 4.79 Å². The molecule has 0 amide bonds. The van der Waals surface area contributed by atoms with E-state index in [2.05, 4.69) is 6.92 Å². The molecule has 0 saturated carbocycles. The maximum Gasteiger partial charge on any atom is 0.330 e. The second kappa shape index (κ2) is 8.35. The van der Waals surface area contributed by atoms with Crippen LogP contribution in [0, 0.1) is 0 Å². The molecule has 0 radical (unpaired) electrons. The first kappa shape index (κ1) is 15.3. The van der Waals surface area contributed by atoms with Gasteiger partial charge in [-0.15, -0.1) is 0 Å². The van der Waals surface area contributed by atoms with E-state index in [0.717, 1.165) is 24.2 Å². The predicted molar refractivity (Wildman–Crippen MR) is 77.1 cm³/mol. The molecule has 0 heterocycles. The van der Waals surface area contributed by atoms with Crippen LogP contribution >= 0.6 is 0 Å². The number of hydrogen-bond donors (Lipinski definition) is 0. The molecule has 1 unspecified atom stereocenters. The number of ether oxygens (including phenoxy) is 2. The number of benzene rings is 1. The number of esters is 1. The van der Waals surface area contributed by atoms with Gasteiger partial charge in [0.2, 0.25) is 0 Å². The van der Waals surface area contributed by atoms with Crippen LogP contribution in [0.4, 0.5) is 0 Å². The smallest absolute Gasteiger partial charge is 0.330 e. The second-order valence-electron chi connectivity index (χ2n) is 4.38. The van der Waals surface area contributed by atoms with Gasteiger partial charge in [0.1, 0.15) is 5.75 Å². The van der Waals surface area contributed by atoms with Crippen molar-refractivity contribution in [3.63, 3.8) is 0 Å². The number of para-hydroxylation sites is 1. The maximum absolute atomic E-state index is 11.4. The van der Waals surface area contributed by atoms with Crippen LogP contribution in [0.15, 0.2) is 30.3 Å². The molecule has 0 aromatic heterocycles. The van der Waals surface area contributed by atoms with Gasteiger partial charge in [-0.2, -0.15) is 0 Å². The van der Waals surface area contributed by atoms with Crippen LogP contribution in [-0.4, -0.2) is 18.7 Å². The summed E-state index contributed by atoms with van der Waals surface area (Å²) in [5, 5.41) is 0. The molecule has 0 spiro atoms. The maximum atomic E-state index is 11.4. The Morgan fingerprint density at radius 3 is 2.74 bits per heavy atom. The Labute approximate surface area is 115 Å². The van der Waals surface area contributed by atoms with Crippen LogP contribution in [0.25, 0.3) is 6.08 Å². The van der Waals surface area contributed by atoms with Gasteiger partial charge in [-0.05, 0) is 31.9 Å². The van der Waals surface area contributed by atoms with Crippen molar-refractivity contribution >= 4 is 12.0 Å². The minimum absolute atomic E-state index is 0.154. The summed E-state index contributed by atoms with van der Waals surface area (Å²) in [6.45, 7) is 6.52. The molecule has 3 heteroatoms. The largest absolute Gasteiger partial charge is 0.490 e. The molecular weight excluding hydrogens is 240 g/mol. The Morgan fingerprint density at radius 1 is 1.32 bits per heavy atom. The fraction of sp³-hybridized carbons (Fsp3) is 0.438. The van der Waals surface area contributed by atoms with E-state index < -0.39 is 0 Å². The highest BCUT2D eigenvalue weighted by atomic mass is 16.5. The minimum Gasteiger partial charge on any atom is -0.490 e. The molecule has 0 aliphatic heterocycles. The zero-order valence-corrected chi connectivity index (χ0v) is 11.9. The van der Waals surface area contributed by atoms with E-state index in [1.54, 1.807) is 6.08 Å². The second-order valence-corrected chi connectivity index (χ2v) is 4.38. The topological polar surface area (TPSA) is 35.5 Å². The van der Waals surface area contributed by atoms with Crippen LogP contribution in [0.5, 0.6) is 5.75 Å². The molecule has 1 atom stereocenters. The van der Waals surface area contributed by atoms with Gasteiger partial charge in [0.25, 0.3) is 0 Å². The number of carbonyl (C=O) groups excluding carboxylic acids is 1. The van der Waals surface area contributed by atoms with Gasteiger partial charge in [0.05, 0.1) is 12.7 Å². The SMILES string of the molecule is CCCOC(=O)C=Cc1ccccc1OC(C)CC. The van der Waals surface area contributed by atoms with Crippen molar-refractivity contribution in [3.8, 4) is 5.75 Å². The normalized spacial score (nSPS) is 12.4. The molecule has 0 aliphatic carbocycles. The van der Waals surface area contributed by atoms with Gasteiger partial charge in [-0.1, -0.05) is 32.0 Å². The molecule has 1 rings (SSSR count). The van der Waals surface area contributed by atoms with Crippen molar-refractivity contribution in [1.29, 1.82) is 0 Å². The first-order valence-electron chi connectivity index (χ1n) is 6.77. The Balaban J connectivity index is 2.71. The molecule has 0 N–H and O–H groups in total. The standard InChI is InChI=1S/C16H22O3/c1-4-12-18-16(17)11-10-14-8-6-7-9-15(14)19-13(3)5-2/h6-11,13H,4-5,12H2,1-3H3. The summed E-state index contributed by atoms with van der Waals surface area (Å²) < 4.78 is 10.8. The molecule has 3 nitrogen and oxygen atoms in total. The Bertz CT molecular complexity index is 424. The average molecular weight is 262 g/mol. The first-order valence-corrected chi connectivity index (χ1v) is 6.77. The van der Waals surface area contributed by atoms with Gasteiger partial charge in [0.15, 0.2) is 0 Å². The lowest BCUT2D eigenvalue weighted by molar-refractivity contribution is -0.137. The summed E-state index contributed by atoms with van der Waals surface area (Å²) in [4.78, 5) is 11.4. The highest BCUT2D eigenvalue weighted by molar-refractivity contribution is 5.87. The molecule has 0 aliphatic rings. The van der Waals surface area contributed by atoms with Gasteiger partial charge < -0.3 is 9.47 Å². The van der Waals surface area contributed by atoms with Crippen LogP contribution in [0.2, 0.25) is 0 Å². The Hall–Kier alpha value is -1.77. The van der Waals surface area contributed by atoms with Crippen LogP contribution < -0.4 is 4.74 Å². The van der Waals surface area contributed by atoms with Crippen molar-refractivity contribution in [2.75, 3.05) is 6.61 Å². The van der Waals surface area contributed by atoms with Crippen molar-refractivity contribution in [1.82, 2.24) is 0 Å². The van der Waals surface area contributed by atoms with E-state index in [1.165, 1.54) is 6.08 Å². The fourth-order valence-corrected chi connectivity index (χ4v) is 1.43. The van der Waals surface area contributed by atoms with Crippen molar-refractivity contribution in [3.05, 3.63) is 35.9 Å². The predicted octanol–water partition coefficient (Wildman–Crippen LogP) is 3.83. The Morgan fingerprint density at radius 2 is 2.05 bits per heavy atom. The number of hydrogen-bond acceptors (Lipinski definition) is 3. The summed E-state index contributed by atoms with van der Waals surface area (Å²) in [5.41, 5.74) is 0.885. The third kappa shape index (κ3) is 5.60. The lowest BCUT2D eigenvalue weighted by Gasteiger charge is -2.14. The lowest BCUT2D eigenvalue weighted by Crippen LogP contribution is -2.10. The summed E-state index contributed by atoms with van der Waals surface area (Å²) in [7, 11) is 0. The monoisotopic (exact) mass is 262 g/mol. The molecule has 1 aromatic carbocycles. The number of carbonyl (C=O) groups is 1. The molecule has 104 valence electrons. The van der Waals surface area contributed by atoms with Gasteiger partial charge in [0, 0.05) is 11.6 Å². The summed E-state index contributed by atoms with van der Waals surface area (Å²) in [6, 6.07) is 7.66. The van der Waals surface area contributed by atoms with E-state index in [9.17, 15) is 4.79 Å². The first-order chi connectivity index (χ1) is 9.17. The van der Waals surface area contributed by atoms with E-state index in [0.29, 0.717) is 6.61 Å². The fourth-order valence-electron chi connectivity index (χ4n) is 1.43. The minimum atomic E-state index is -0.319. The van der Waals surface area contributed by atoms with E-state index in [4.69, 9.17) is 9.47 Å². The van der Waals surface area contributed by atoms with Crippen LogP contribution in [-0.2, 0) is 9.53 Å². The highest BCUT2D eigenvalue weighted by Gasteiger charge is 2.05. The van der Waals surface area contributed by atoms with E-state index >= 15 is 0 Å². The third-order valence-electron chi connectivity index (χ3n) is 2.67.